The Morgan fingerprint density at radius 3 is 2.32 bits per heavy atom. The Bertz CT molecular complexity index is 817. The van der Waals surface area contributed by atoms with E-state index in [4.69, 9.17) is 5.73 Å². The van der Waals surface area contributed by atoms with E-state index in [1.54, 1.807) is 0 Å². The highest BCUT2D eigenvalue weighted by molar-refractivity contribution is 5.99. The minimum absolute atomic E-state index is 0.0810. The Morgan fingerprint density at radius 2 is 1.71 bits per heavy atom. The molecule has 4 rings (SSSR count). The maximum atomic E-state index is 13.5. The predicted octanol–water partition coefficient (Wildman–Crippen LogP) is 4.62. The molecular formula is C25H32N2O. The maximum Gasteiger partial charge on any atom is 0.164 e. The van der Waals surface area contributed by atoms with Crippen LogP contribution in [0.3, 0.4) is 0 Å². The van der Waals surface area contributed by atoms with Gasteiger partial charge in [0.1, 0.15) is 0 Å². The fourth-order valence-electron chi connectivity index (χ4n) is 6.00. The van der Waals surface area contributed by atoms with Crippen molar-refractivity contribution in [2.75, 3.05) is 13.1 Å². The molecule has 2 aliphatic heterocycles. The van der Waals surface area contributed by atoms with E-state index in [0.29, 0.717) is 19.0 Å². The molecule has 3 heteroatoms. The number of nitrogens with two attached hydrogens (primary N) is 1. The van der Waals surface area contributed by atoms with E-state index in [2.05, 4.69) is 61.2 Å². The summed E-state index contributed by atoms with van der Waals surface area (Å²) >= 11 is 0. The average molecular weight is 377 g/mol. The summed E-state index contributed by atoms with van der Waals surface area (Å²) in [7, 11) is 0. The van der Waals surface area contributed by atoms with E-state index in [1.807, 2.05) is 6.07 Å². The first-order chi connectivity index (χ1) is 13.6. The molecule has 148 valence electrons. The number of hydrogen-bond acceptors (Lipinski definition) is 3. The van der Waals surface area contributed by atoms with Crippen molar-refractivity contribution in [1.29, 1.82) is 0 Å². The van der Waals surface area contributed by atoms with Crippen LogP contribution < -0.4 is 5.73 Å². The summed E-state index contributed by atoms with van der Waals surface area (Å²) in [6, 6.07) is 17.5. The molecule has 0 saturated carbocycles. The standard InChI is InChI=1S/C25H32N2O/c1-18-7-6-8-19(2)24(18)23(28)17-22(20-9-4-3-5-10-20)25-13-11-21(12-14-25)27(25)16-15-26/h3-10,21-22H,11-17,26H2,1-2H3. The number of Topliss-reactive ketones (excluding diaryl/α,β-unsaturated/α-hetero) is 1. The largest absolute Gasteiger partial charge is 0.329 e. The smallest absolute Gasteiger partial charge is 0.164 e. The highest BCUT2D eigenvalue weighted by atomic mass is 16.1. The van der Waals surface area contributed by atoms with Crippen LogP contribution in [0, 0.1) is 13.8 Å². The second-order valence-corrected chi connectivity index (χ2v) is 8.67. The summed E-state index contributed by atoms with van der Waals surface area (Å²) in [6.07, 6.45) is 5.40. The number of aryl methyl sites for hydroxylation is 2. The zero-order chi connectivity index (χ0) is 19.7. The third kappa shape index (κ3) is 3.21. The number of carbonyl (C=O) groups is 1. The topological polar surface area (TPSA) is 46.3 Å². The summed E-state index contributed by atoms with van der Waals surface area (Å²) in [4.78, 5) is 16.2. The molecule has 2 heterocycles. The van der Waals surface area contributed by atoms with Gasteiger partial charge in [0.15, 0.2) is 5.78 Å². The van der Waals surface area contributed by atoms with Crippen LogP contribution >= 0.6 is 0 Å². The SMILES string of the molecule is Cc1cccc(C)c1C(=O)CC(c1ccccc1)C12CCC(CC1)N2CCN. The Hall–Kier alpha value is -1.97. The van der Waals surface area contributed by atoms with Crippen molar-refractivity contribution in [3.63, 3.8) is 0 Å². The van der Waals surface area contributed by atoms with Gasteiger partial charge >= 0.3 is 0 Å². The van der Waals surface area contributed by atoms with Crippen LogP contribution in [-0.4, -0.2) is 35.4 Å². The molecule has 2 N–H and O–H groups in total. The number of fused-ring (bicyclic) bond motifs is 2. The molecule has 3 nitrogen and oxygen atoms in total. The van der Waals surface area contributed by atoms with Gasteiger partial charge in [0.25, 0.3) is 0 Å². The molecule has 28 heavy (non-hydrogen) atoms. The van der Waals surface area contributed by atoms with Crippen molar-refractivity contribution in [3.05, 3.63) is 70.8 Å². The molecule has 0 amide bonds. The number of hydrogen-bond donors (Lipinski definition) is 1. The fraction of sp³-hybridized carbons (Fsp3) is 0.480. The lowest BCUT2D eigenvalue weighted by Gasteiger charge is -2.42. The molecule has 2 saturated heterocycles. The fourth-order valence-corrected chi connectivity index (χ4v) is 6.00. The van der Waals surface area contributed by atoms with Crippen LogP contribution in [0.25, 0.3) is 0 Å². The lowest BCUT2D eigenvalue weighted by Crippen LogP contribution is -2.48. The molecule has 2 aromatic carbocycles. The van der Waals surface area contributed by atoms with Gasteiger partial charge in [0, 0.05) is 42.6 Å². The molecule has 1 unspecified atom stereocenters. The predicted molar refractivity (Wildman–Crippen MR) is 115 cm³/mol. The lowest BCUT2D eigenvalue weighted by atomic mass is 9.71. The summed E-state index contributed by atoms with van der Waals surface area (Å²) in [6.45, 7) is 5.73. The lowest BCUT2D eigenvalue weighted by molar-refractivity contribution is 0.0872. The molecule has 2 aliphatic rings. The van der Waals surface area contributed by atoms with E-state index in [-0.39, 0.29) is 17.2 Å². The number of benzene rings is 2. The van der Waals surface area contributed by atoms with Crippen LogP contribution in [0.1, 0.15) is 65.1 Å². The van der Waals surface area contributed by atoms with E-state index < -0.39 is 0 Å². The first-order valence-corrected chi connectivity index (χ1v) is 10.7. The van der Waals surface area contributed by atoms with Crippen molar-refractivity contribution in [1.82, 2.24) is 4.90 Å². The van der Waals surface area contributed by atoms with Crippen molar-refractivity contribution < 1.29 is 4.79 Å². The van der Waals surface area contributed by atoms with Crippen molar-refractivity contribution >= 4 is 5.78 Å². The minimum atomic E-state index is 0.0810. The number of carbonyl (C=O) groups excluding carboxylic acids is 1. The molecule has 0 spiro atoms. The van der Waals surface area contributed by atoms with Crippen LogP contribution in [0.2, 0.25) is 0 Å². The van der Waals surface area contributed by atoms with Crippen LogP contribution in [0.5, 0.6) is 0 Å². The second-order valence-electron chi connectivity index (χ2n) is 8.67. The Balaban J connectivity index is 1.72. The second kappa shape index (κ2) is 7.81. The summed E-state index contributed by atoms with van der Waals surface area (Å²) in [5.41, 5.74) is 10.4. The molecular weight excluding hydrogens is 344 g/mol. The van der Waals surface area contributed by atoms with Gasteiger partial charge in [0.05, 0.1) is 0 Å². The zero-order valence-corrected chi connectivity index (χ0v) is 17.2. The van der Waals surface area contributed by atoms with Crippen LogP contribution in [0.15, 0.2) is 48.5 Å². The normalized spacial score (nSPS) is 25.2. The minimum Gasteiger partial charge on any atom is -0.329 e. The van der Waals surface area contributed by atoms with Crippen LogP contribution in [-0.2, 0) is 0 Å². The van der Waals surface area contributed by atoms with Gasteiger partial charge in [-0.3, -0.25) is 9.69 Å². The number of nitrogens with zero attached hydrogens (tertiary/aromatic N) is 1. The Morgan fingerprint density at radius 1 is 1.07 bits per heavy atom. The molecule has 0 radical (unpaired) electrons. The summed E-state index contributed by atoms with van der Waals surface area (Å²) < 4.78 is 0. The van der Waals surface area contributed by atoms with E-state index >= 15 is 0 Å². The third-order valence-corrected chi connectivity index (χ3v) is 7.20. The molecule has 1 atom stereocenters. The van der Waals surface area contributed by atoms with E-state index in [1.165, 1.54) is 31.2 Å². The van der Waals surface area contributed by atoms with Gasteiger partial charge in [-0.1, -0.05) is 48.5 Å². The number of ketones is 1. The van der Waals surface area contributed by atoms with Gasteiger partial charge in [-0.15, -0.1) is 0 Å². The molecule has 2 aromatic rings. The first-order valence-electron chi connectivity index (χ1n) is 10.7. The van der Waals surface area contributed by atoms with Gasteiger partial charge < -0.3 is 5.73 Å². The van der Waals surface area contributed by atoms with Crippen molar-refractivity contribution in [2.24, 2.45) is 5.73 Å². The number of rotatable bonds is 7. The third-order valence-electron chi connectivity index (χ3n) is 7.20. The van der Waals surface area contributed by atoms with Gasteiger partial charge in [0.2, 0.25) is 0 Å². The highest BCUT2D eigenvalue weighted by Crippen LogP contribution is 2.54. The van der Waals surface area contributed by atoms with Crippen molar-refractivity contribution in [2.45, 2.75) is 63.5 Å². The maximum absolute atomic E-state index is 13.5. The molecule has 0 aliphatic carbocycles. The quantitative estimate of drug-likeness (QED) is 0.718. The average Bonchev–Trinajstić information content (AvgIpc) is 3.22. The van der Waals surface area contributed by atoms with E-state index in [9.17, 15) is 4.79 Å². The van der Waals surface area contributed by atoms with Gasteiger partial charge in [-0.25, -0.2) is 0 Å². The molecule has 0 aromatic heterocycles. The Kier molecular flexibility index (Phi) is 5.39. The summed E-state index contributed by atoms with van der Waals surface area (Å²) in [5, 5.41) is 0. The van der Waals surface area contributed by atoms with Gasteiger partial charge in [-0.05, 0) is 56.2 Å². The Labute approximate surface area is 168 Å². The van der Waals surface area contributed by atoms with E-state index in [0.717, 1.165) is 23.2 Å². The molecule has 2 fully saturated rings. The summed E-state index contributed by atoms with van der Waals surface area (Å²) in [5.74, 6) is 0.501. The van der Waals surface area contributed by atoms with Crippen LogP contribution in [0.4, 0.5) is 0 Å². The zero-order valence-electron chi connectivity index (χ0n) is 17.2. The first kappa shape index (κ1) is 19.4. The van der Waals surface area contributed by atoms with Gasteiger partial charge in [-0.2, -0.15) is 0 Å². The van der Waals surface area contributed by atoms with Crippen molar-refractivity contribution in [3.8, 4) is 0 Å². The highest BCUT2D eigenvalue weighted by Gasteiger charge is 2.55. The monoisotopic (exact) mass is 376 g/mol. The molecule has 2 bridgehead atoms.